The van der Waals surface area contributed by atoms with Crippen molar-refractivity contribution in [2.75, 3.05) is 10.0 Å². The van der Waals surface area contributed by atoms with Gasteiger partial charge >= 0.3 is 0 Å². The standard InChI is InChI=1S/C22H22N2O3S/c1-15-5-10-19(11-6-15)24-28(26,27)20-12-8-18(9-13-20)22(25)23-21-14-16(2)4-7-17(21)3/h4-14,24H,1-3H3,(H,23,25). The second-order valence-electron chi connectivity index (χ2n) is 6.77. The number of benzene rings is 3. The quantitative estimate of drug-likeness (QED) is 0.661. The number of carbonyl (C=O) groups excluding carboxylic acids is 1. The van der Waals surface area contributed by atoms with Gasteiger partial charge in [-0.2, -0.15) is 0 Å². The second-order valence-corrected chi connectivity index (χ2v) is 8.45. The van der Waals surface area contributed by atoms with Gasteiger partial charge in [-0.15, -0.1) is 0 Å². The van der Waals surface area contributed by atoms with Gasteiger partial charge in [0.05, 0.1) is 4.90 Å². The van der Waals surface area contributed by atoms with Crippen molar-refractivity contribution in [3.63, 3.8) is 0 Å². The van der Waals surface area contributed by atoms with Crippen LogP contribution in [0.3, 0.4) is 0 Å². The zero-order valence-electron chi connectivity index (χ0n) is 16.0. The molecule has 0 radical (unpaired) electrons. The van der Waals surface area contributed by atoms with Crippen LogP contribution in [0.1, 0.15) is 27.0 Å². The molecule has 0 saturated heterocycles. The molecule has 3 rings (SSSR count). The van der Waals surface area contributed by atoms with Gasteiger partial charge in [0.1, 0.15) is 0 Å². The van der Waals surface area contributed by atoms with Crippen LogP contribution in [-0.4, -0.2) is 14.3 Å². The lowest BCUT2D eigenvalue weighted by molar-refractivity contribution is 0.102. The molecule has 0 spiro atoms. The van der Waals surface area contributed by atoms with Crippen molar-refractivity contribution < 1.29 is 13.2 Å². The summed E-state index contributed by atoms with van der Waals surface area (Å²) in [7, 11) is -3.72. The van der Waals surface area contributed by atoms with Crippen molar-refractivity contribution >= 4 is 27.3 Å². The molecule has 0 bridgehead atoms. The first-order valence-electron chi connectivity index (χ1n) is 8.83. The maximum Gasteiger partial charge on any atom is 0.261 e. The highest BCUT2D eigenvalue weighted by Crippen LogP contribution is 2.20. The molecular formula is C22H22N2O3S. The minimum absolute atomic E-state index is 0.0939. The van der Waals surface area contributed by atoms with Gasteiger partial charge in [0.25, 0.3) is 15.9 Å². The molecule has 3 aromatic rings. The number of aryl methyl sites for hydroxylation is 3. The van der Waals surface area contributed by atoms with Crippen LogP contribution in [0.25, 0.3) is 0 Å². The molecule has 2 N–H and O–H groups in total. The first-order valence-corrected chi connectivity index (χ1v) is 10.3. The summed E-state index contributed by atoms with van der Waals surface area (Å²) in [5, 5.41) is 2.87. The fourth-order valence-electron chi connectivity index (χ4n) is 2.69. The molecule has 0 aliphatic rings. The molecule has 1 amide bonds. The van der Waals surface area contributed by atoms with Crippen molar-refractivity contribution in [3.05, 3.63) is 89.0 Å². The number of carbonyl (C=O) groups is 1. The third kappa shape index (κ3) is 4.58. The SMILES string of the molecule is Cc1ccc(NS(=O)(=O)c2ccc(C(=O)Nc3cc(C)ccc3C)cc2)cc1. The largest absolute Gasteiger partial charge is 0.322 e. The monoisotopic (exact) mass is 394 g/mol. The molecule has 3 aromatic carbocycles. The van der Waals surface area contributed by atoms with E-state index in [9.17, 15) is 13.2 Å². The molecular weight excluding hydrogens is 372 g/mol. The van der Waals surface area contributed by atoms with E-state index in [4.69, 9.17) is 0 Å². The summed E-state index contributed by atoms with van der Waals surface area (Å²) in [5.41, 5.74) is 4.66. The number of hydrogen-bond donors (Lipinski definition) is 2. The van der Waals surface area contributed by atoms with Crippen molar-refractivity contribution in [1.82, 2.24) is 0 Å². The smallest absolute Gasteiger partial charge is 0.261 e. The van der Waals surface area contributed by atoms with E-state index in [1.807, 2.05) is 51.1 Å². The number of nitrogens with one attached hydrogen (secondary N) is 2. The fraction of sp³-hybridized carbons (Fsp3) is 0.136. The Bertz CT molecular complexity index is 1100. The molecule has 0 unspecified atom stereocenters. The van der Waals surface area contributed by atoms with Crippen molar-refractivity contribution in [2.24, 2.45) is 0 Å². The highest BCUT2D eigenvalue weighted by Gasteiger charge is 2.15. The van der Waals surface area contributed by atoms with Crippen LogP contribution < -0.4 is 10.0 Å². The van der Waals surface area contributed by atoms with E-state index >= 15 is 0 Å². The van der Waals surface area contributed by atoms with E-state index in [0.717, 1.165) is 22.4 Å². The Labute approximate surface area is 165 Å². The zero-order valence-corrected chi connectivity index (χ0v) is 16.8. The molecule has 0 aliphatic heterocycles. The summed E-state index contributed by atoms with van der Waals surface area (Å²) in [6.45, 7) is 5.80. The van der Waals surface area contributed by atoms with E-state index in [2.05, 4.69) is 10.0 Å². The summed E-state index contributed by atoms with van der Waals surface area (Å²) in [5.74, 6) is -0.288. The van der Waals surface area contributed by atoms with Gasteiger partial charge in [0.15, 0.2) is 0 Å². The highest BCUT2D eigenvalue weighted by atomic mass is 32.2. The van der Waals surface area contributed by atoms with Crippen LogP contribution in [0.4, 0.5) is 11.4 Å². The van der Waals surface area contributed by atoms with Gasteiger partial charge in [-0.05, 0) is 74.4 Å². The second kappa shape index (κ2) is 7.86. The predicted octanol–water partition coefficient (Wildman–Crippen LogP) is 4.66. The molecule has 28 heavy (non-hydrogen) atoms. The average molecular weight is 394 g/mol. The lowest BCUT2D eigenvalue weighted by Gasteiger charge is -2.11. The van der Waals surface area contributed by atoms with Gasteiger partial charge in [0, 0.05) is 16.9 Å². The van der Waals surface area contributed by atoms with Gasteiger partial charge in [-0.1, -0.05) is 29.8 Å². The first kappa shape index (κ1) is 19.6. The average Bonchev–Trinajstić information content (AvgIpc) is 2.66. The molecule has 144 valence electrons. The Kier molecular flexibility index (Phi) is 5.51. The summed E-state index contributed by atoms with van der Waals surface area (Å²) < 4.78 is 27.6. The van der Waals surface area contributed by atoms with Crippen molar-refractivity contribution in [2.45, 2.75) is 25.7 Å². The Balaban J connectivity index is 1.75. The fourth-order valence-corrected chi connectivity index (χ4v) is 3.74. The van der Waals surface area contributed by atoms with Crippen LogP contribution in [0, 0.1) is 20.8 Å². The normalized spacial score (nSPS) is 11.1. The van der Waals surface area contributed by atoms with Crippen LogP contribution in [0.2, 0.25) is 0 Å². The summed E-state index contributed by atoms with van der Waals surface area (Å²) in [4.78, 5) is 12.6. The van der Waals surface area contributed by atoms with E-state index in [1.165, 1.54) is 24.3 Å². The molecule has 0 saturated carbocycles. The topological polar surface area (TPSA) is 75.3 Å². The van der Waals surface area contributed by atoms with Crippen LogP contribution in [0.5, 0.6) is 0 Å². The van der Waals surface area contributed by atoms with Crippen LogP contribution in [-0.2, 0) is 10.0 Å². The number of rotatable bonds is 5. The number of amides is 1. The maximum atomic E-state index is 12.5. The molecule has 0 heterocycles. The van der Waals surface area contributed by atoms with E-state index in [1.54, 1.807) is 12.1 Å². The van der Waals surface area contributed by atoms with Gasteiger partial charge < -0.3 is 5.32 Å². The van der Waals surface area contributed by atoms with Crippen molar-refractivity contribution in [3.8, 4) is 0 Å². The summed E-state index contributed by atoms with van der Waals surface area (Å²) >= 11 is 0. The van der Waals surface area contributed by atoms with Gasteiger partial charge in [-0.3, -0.25) is 9.52 Å². The van der Waals surface area contributed by atoms with E-state index < -0.39 is 10.0 Å². The minimum Gasteiger partial charge on any atom is -0.322 e. The highest BCUT2D eigenvalue weighted by molar-refractivity contribution is 7.92. The van der Waals surface area contributed by atoms with Crippen LogP contribution in [0.15, 0.2) is 71.6 Å². The molecule has 0 atom stereocenters. The van der Waals surface area contributed by atoms with Gasteiger partial charge in [0.2, 0.25) is 0 Å². The predicted molar refractivity (Wildman–Crippen MR) is 112 cm³/mol. The zero-order chi connectivity index (χ0) is 20.3. The molecule has 6 heteroatoms. The maximum absolute atomic E-state index is 12.5. The number of hydrogen-bond acceptors (Lipinski definition) is 3. The number of sulfonamides is 1. The third-order valence-corrected chi connectivity index (χ3v) is 5.77. The summed E-state index contributed by atoms with van der Waals surface area (Å²) in [6.07, 6.45) is 0. The Morgan fingerprint density at radius 3 is 2.04 bits per heavy atom. The summed E-state index contributed by atoms with van der Waals surface area (Å²) in [6, 6.07) is 18.8. The molecule has 0 fully saturated rings. The Morgan fingerprint density at radius 1 is 0.786 bits per heavy atom. The lowest BCUT2D eigenvalue weighted by atomic mass is 10.1. The Hall–Kier alpha value is -3.12. The van der Waals surface area contributed by atoms with E-state index in [0.29, 0.717) is 11.3 Å². The minimum atomic E-state index is -3.72. The first-order chi connectivity index (χ1) is 13.2. The molecule has 5 nitrogen and oxygen atoms in total. The molecule has 0 aliphatic carbocycles. The lowest BCUT2D eigenvalue weighted by Crippen LogP contribution is -2.15. The van der Waals surface area contributed by atoms with Gasteiger partial charge in [-0.25, -0.2) is 8.42 Å². The van der Waals surface area contributed by atoms with Crippen LogP contribution >= 0.6 is 0 Å². The van der Waals surface area contributed by atoms with E-state index in [-0.39, 0.29) is 10.8 Å². The van der Waals surface area contributed by atoms with Crippen molar-refractivity contribution in [1.29, 1.82) is 0 Å². The number of anilines is 2. The Morgan fingerprint density at radius 2 is 1.39 bits per heavy atom. The third-order valence-electron chi connectivity index (χ3n) is 4.37. The molecule has 0 aromatic heterocycles.